The van der Waals surface area contributed by atoms with Crippen LogP contribution in [0.2, 0.25) is 0 Å². The van der Waals surface area contributed by atoms with Crippen molar-refractivity contribution in [3.63, 3.8) is 0 Å². The zero-order valence-corrected chi connectivity index (χ0v) is 18.6. The molecule has 2 N–H and O–H groups in total. The van der Waals surface area contributed by atoms with Crippen molar-refractivity contribution in [2.75, 3.05) is 0 Å². The number of aromatic nitrogens is 2. The van der Waals surface area contributed by atoms with Crippen LogP contribution in [0.1, 0.15) is 55.6 Å². The molecule has 7 heteroatoms. The lowest BCUT2D eigenvalue weighted by molar-refractivity contribution is 0.237. The molecule has 0 saturated heterocycles. The fourth-order valence-corrected chi connectivity index (χ4v) is 3.64. The van der Waals surface area contributed by atoms with Crippen LogP contribution in [0, 0.1) is 0 Å². The van der Waals surface area contributed by atoms with E-state index in [9.17, 15) is 4.79 Å². The van der Waals surface area contributed by atoms with E-state index in [2.05, 4.69) is 41.4 Å². The van der Waals surface area contributed by atoms with Gasteiger partial charge in [-0.05, 0) is 30.7 Å². The van der Waals surface area contributed by atoms with Crippen LogP contribution < -0.4 is 15.4 Å². The zero-order chi connectivity index (χ0) is 21.6. The van der Waals surface area contributed by atoms with E-state index < -0.39 is 0 Å². The lowest BCUT2D eigenvalue weighted by atomic mass is 9.98. The molecule has 6 nitrogen and oxygen atoms in total. The van der Waals surface area contributed by atoms with Gasteiger partial charge in [0.1, 0.15) is 12.4 Å². The molecule has 3 aromatic rings. The number of hydrogen-bond acceptors (Lipinski definition) is 5. The predicted molar refractivity (Wildman–Crippen MR) is 120 cm³/mol. The molecule has 0 spiro atoms. The van der Waals surface area contributed by atoms with Crippen LogP contribution in [0.3, 0.4) is 0 Å². The van der Waals surface area contributed by atoms with E-state index in [-0.39, 0.29) is 17.5 Å². The molecule has 0 aliphatic carbocycles. The molecule has 30 heavy (non-hydrogen) atoms. The highest BCUT2D eigenvalue weighted by Gasteiger charge is 2.18. The predicted octanol–water partition coefficient (Wildman–Crippen LogP) is 4.98. The van der Waals surface area contributed by atoms with Crippen molar-refractivity contribution in [3.8, 4) is 5.75 Å². The Morgan fingerprint density at radius 2 is 1.97 bits per heavy atom. The van der Waals surface area contributed by atoms with Gasteiger partial charge in [0, 0.05) is 28.8 Å². The fourth-order valence-electron chi connectivity index (χ4n) is 2.74. The summed E-state index contributed by atoms with van der Waals surface area (Å²) in [6, 6.07) is 11.2. The van der Waals surface area contributed by atoms with E-state index in [1.807, 2.05) is 48.7 Å². The molecule has 0 saturated carbocycles. The summed E-state index contributed by atoms with van der Waals surface area (Å²) in [5, 5.41) is 8.90. The summed E-state index contributed by atoms with van der Waals surface area (Å²) in [6.07, 6.45) is 3.53. The molecule has 0 aliphatic rings. The molecule has 158 valence electrons. The first-order valence-corrected chi connectivity index (χ1v) is 10.8. The Hall–Kier alpha value is -2.93. The number of nitrogens with one attached hydrogen (secondary N) is 2. The molecule has 0 fully saturated rings. The van der Waals surface area contributed by atoms with Gasteiger partial charge in [-0.15, -0.1) is 11.3 Å². The third-order valence-electron chi connectivity index (χ3n) is 4.48. The van der Waals surface area contributed by atoms with E-state index >= 15 is 0 Å². The van der Waals surface area contributed by atoms with Gasteiger partial charge in [0.25, 0.3) is 0 Å². The van der Waals surface area contributed by atoms with Crippen molar-refractivity contribution >= 4 is 17.4 Å². The number of rotatable bonds is 7. The van der Waals surface area contributed by atoms with Crippen LogP contribution in [0.15, 0.2) is 54.2 Å². The van der Waals surface area contributed by atoms with Crippen molar-refractivity contribution in [1.29, 1.82) is 0 Å². The Labute approximate surface area is 181 Å². The second kappa shape index (κ2) is 9.71. The average Bonchev–Trinajstić information content (AvgIpc) is 3.22. The maximum Gasteiger partial charge on any atom is 0.315 e. The van der Waals surface area contributed by atoms with Crippen molar-refractivity contribution < 1.29 is 9.53 Å². The van der Waals surface area contributed by atoms with Gasteiger partial charge in [0.05, 0.1) is 23.3 Å². The van der Waals surface area contributed by atoms with Gasteiger partial charge < -0.3 is 15.4 Å². The Bertz CT molecular complexity index is 949. The summed E-state index contributed by atoms with van der Waals surface area (Å²) in [5.41, 5.74) is 2.92. The minimum absolute atomic E-state index is 0.0214. The van der Waals surface area contributed by atoms with E-state index in [4.69, 9.17) is 4.74 Å². The number of urea groups is 1. The normalized spacial score (nSPS) is 12.3. The highest BCUT2D eigenvalue weighted by atomic mass is 32.1. The van der Waals surface area contributed by atoms with Crippen LogP contribution in [0.25, 0.3) is 0 Å². The second-order valence-electron chi connectivity index (χ2n) is 8.16. The van der Waals surface area contributed by atoms with Crippen LogP contribution in [0.5, 0.6) is 5.75 Å². The molecule has 0 aliphatic heterocycles. The van der Waals surface area contributed by atoms with Gasteiger partial charge in [0.15, 0.2) is 0 Å². The molecule has 2 aromatic heterocycles. The minimum Gasteiger partial charge on any atom is -0.489 e. The molecule has 1 aromatic carbocycles. The van der Waals surface area contributed by atoms with Gasteiger partial charge >= 0.3 is 6.03 Å². The number of pyridine rings is 1. The number of hydrogen-bond donors (Lipinski definition) is 2. The van der Waals surface area contributed by atoms with Crippen LogP contribution >= 0.6 is 11.3 Å². The van der Waals surface area contributed by atoms with Crippen LogP contribution in [-0.2, 0) is 18.6 Å². The van der Waals surface area contributed by atoms with Gasteiger partial charge in [0.2, 0.25) is 0 Å². The van der Waals surface area contributed by atoms with Crippen molar-refractivity contribution in [3.05, 3.63) is 76.0 Å². The van der Waals surface area contributed by atoms with E-state index in [0.29, 0.717) is 13.2 Å². The standard InChI is InChI=1S/C23H28N4O2S/c1-16(26-22(28)25-13-19-15-30-21(27-19)23(2,3)4)18-7-9-20(10-8-18)29-14-17-6-5-11-24-12-17/h5-12,15-16H,13-14H2,1-4H3,(H2,25,26,28). The van der Waals surface area contributed by atoms with Crippen molar-refractivity contribution in [1.82, 2.24) is 20.6 Å². The molecule has 2 amide bonds. The second-order valence-corrected chi connectivity index (χ2v) is 9.02. The quantitative estimate of drug-likeness (QED) is 0.561. The van der Waals surface area contributed by atoms with E-state index in [1.165, 1.54) is 0 Å². The summed E-state index contributed by atoms with van der Waals surface area (Å²) in [7, 11) is 0. The zero-order valence-electron chi connectivity index (χ0n) is 17.8. The lowest BCUT2D eigenvalue weighted by Crippen LogP contribution is -2.36. The molecule has 0 bridgehead atoms. The lowest BCUT2D eigenvalue weighted by Gasteiger charge is -2.16. The summed E-state index contributed by atoms with van der Waals surface area (Å²) in [4.78, 5) is 20.9. The average molecular weight is 425 g/mol. The Balaban J connectivity index is 1.46. The number of benzene rings is 1. The van der Waals surface area contributed by atoms with Crippen molar-refractivity contribution in [2.45, 2.75) is 52.3 Å². The SMILES string of the molecule is CC(NC(=O)NCc1csc(C(C)(C)C)n1)c1ccc(OCc2cccnc2)cc1. The maximum absolute atomic E-state index is 12.3. The van der Waals surface area contributed by atoms with Gasteiger partial charge in [-0.3, -0.25) is 4.98 Å². The van der Waals surface area contributed by atoms with Gasteiger partial charge in [-0.25, -0.2) is 9.78 Å². The van der Waals surface area contributed by atoms with E-state index in [1.54, 1.807) is 23.7 Å². The number of amides is 2. The summed E-state index contributed by atoms with van der Waals surface area (Å²) in [6.45, 7) is 9.22. The number of nitrogens with zero attached hydrogens (tertiary/aromatic N) is 2. The number of carbonyl (C=O) groups excluding carboxylic acids is 1. The first-order chi connectivity index (χ1) is 14.3. The third-order valence-corrected chi connectivity index (χ3v) is 5.80. The highest BCUT2D eigenvalue weighted by molar-refractivity contribution is 7.09. The molecule has 3 rings (SSSR count). The third kappa shape index (κ3) is 6.29. The first kappa shape index (κ1) is 21.8. The highest BCUT2D eigenvalue weighted by Crippen LogP contribution is 2.25. The monoisotopic (exact) mass is 424 g/mol. The molecular formula is C23H28N4O2S. The Morgan fingerprint density at radius 1 is 1.20 bits per heavy atom. The molecular weight excluding hydrogens is 396 g/mol. The summed E-state index contributed by atoms with van der Waals surface area (Å²) >= 11 is 1.62. The van der Waals surface area contributed by atoms with Crippen molar-refractivity contribution in [2.24, 2.45) is 0 Å². The minimum atomic E-state index is -0.218. The largest absolute Gasteiger partial charge is 0.489 e. The van der Waals surface area contributed by atoms with Crippen LogP contribution in [0.4, 0.5) is 4.79 Å². The number of ether oxygens (including phenoxy) is 1. The van der Waals surface area contributed by atoms with Gasteiger partial charge in [-0.1, -0.05) is 39.0 Å². The first-order valence-electron chi connectivity index (χ1n) is 9.92. The number of thiazole rings is 1. The summed E-state index contributed by atoms with van der Waals surface area (Å²) in [5.74, 6) is 0.775. The van der Waals surface area contributed by atoms with Crippen LogP contribution in [-0.4, -0.2) is 16.0 Å². The molecule has 2 heterocycles. The van der Waals surface area contributed by atoms with Gasteiger partial charge in [-0.2, -0.15) is 0 Å². The Morgan fingerprint density at radius 3 is 2.60 bits per heavy atom. The molecule has 0 radical (unpaired) electrons. The fraction of sp³-hybridized carbons (Fsp3) is 0.348. The van der Waals surface area contributed by atoms with E-state index in [0.717, 1.165) is 27.6 Å². The maximum atomic E-state index is 12.3. The number of carbonyl (C=O) groups is 1. The molecule has 1 atom stereocenters. The smallest absolute Gasteiger partial charge is 0.315 e. The summed E-state index contributed by atoms with van der Waals surface area (Å²) < 4.78 is 5.78. The topological polar surface area (TPSA) is 76.1 Å². The Kier molecular flexibility index (Phi) is 7.05. The molecule has 1 unspecified atom stereocenters.